The van der Waals surface area contributed by atoms with Crippen molar-refractivity contribution in [2.24, 2.45) is 11.5 Å². The number of thiocarbonyl (C=S) groups is 1. The van der Waals surface area contributed by atoms with Crippen molar-refractivity contribution in [1.82, 2.24) is 0 Å². The van der Waals surface area contributed by atoms with Crippen molar-refractivity contribution in [2.75, 3.05) is 0 Å². The lowest BCUT2D eigenvalue weighted by atomic mass is 10.2. The van der Waals surface area contributed by atoms with Crippen LogP contribution in [0.3, 0.4) is 0 Å². The first kappa shape index (κ1) is 14.9. The summed E-state index contributed by atoms with van der Waals surface area (Å²) in [5, 5.41) is 0. The molecule has 2 rings (SSSR count). The fourth-order valence-electron chi connectivity index (χ4n) is 1.60. The number of benzene rings is 2. The van der Waals surface area contributed by atoms with Crippen LogP contribution < -0.4 is 16.2 Å². The molecule has 21 heavy (non-hydrogen) atoms. The van der Waals surface area contributed by atoms with E-state index in [1.54, 1.807) is 0 Å². The molecule has 0 radical (unpaired) electrons. The summed E-state index contributed by atoms with van der Waals surface area (Å²) in [5.74, 6) is -2.91. The predicted octanol–water partition coefficient (Wildman–Crippen LogP) is 2.49. The summed E-state index contributed by atoms with van der Waals surface area (Å²) in [4.78, 5) is 10.8. The molecule has 0 saturated heterocycles. The first-order valence-corrected chi connectivity index (χ1v) is 6.16. The molecule has 0 spiro atoms. The van der Waals surface area contributed by atoms with Crippen LogP contribution >= 0.6 is 12.2 Å². The van der Waals surface area contributed by atoms with E-state index in [1.807, 2.05) is 0 Å². The zero-order valence-electron chi connectivity index (χ0n) is 10.6. The molecule has 2 aromatic rings. The highest BCUT2D eigenvalue weighted by atomic mass is 32.1. The van der Waals surface area contributed by atoms with Crippen LogP contribution in [0.4, 0.5) is 8.78 Å². The minimum Gasteiger partial charge on any atom is -0.451 e. The van der Waals surface area contributed by atoms with Gasteiger partial charge in [-0.25, -0.2) is 8.78 Å². The van der Waals surface area contributed by atoms with E-state index in [0.717, 1.165) is 12.1 Å². The Morgan fingerprint density at radius 2 is 1.52 bits per heavy atom. The third-order valence-electron chi connectivity index (χ3n) is 2.64. The SMILES string of the molecule is NC(=O)c1ccc(Oc2c(F)cc(C(N)=S)cc2F)cc1. The lowest BCUT2D eigenvalue weighted by Gasteiger charge is -2.09. The van der Waals surface area contributed by atoms with Crippen LogP contribution in [0, 0.1) is 11.6 Å². The van der Waals surface area contributed by atoms with E-state index in [9.17, 15) is 13.6 Å². The van der Waals surface area contributed by atoms with Crippen molar-refractivity contribution in [2.45, 2.75) is 0 Å². The number of amides is 1. The largest absolute Gasteiger partial charge is 0.451 e. The van der Waals surface area contributed by atoms with Gasteiger partial charge in [-0.2, -0.15) is 0 Å². The molecule has 0 aromatic heterocycles. The minimum absolute atomic E-state index is 0.0661. The molecule has 4 N–H and O–H groups in total. The fourth-order valence-corrected chi connectivity index (χ4v) is 1.72. The van der Waals surface area contributed by atoms with Gasteiger partial charge in [0.25, 0.3) is 0 Å². The monoisotopic (exact) mass is 308 g/mol. The molecule has 1 amide bonds. The summed E-state index contributed by atoms with van der Waals surface area (Å²) in [6, 6.07) is 7.49. The van der Waals surface area contributed by atoms with Gasteiger partial charge in [-0.05, 0) is 36.4 Å². The zero-order valence-corrected chi connectivity index (χ0v) is 11.4. The molecule has 2 aromatic carbocycles. The molecular formula is C14H10F2N2O2S. The number of ether oxygens (including phenoxy) is 1. The predicted molar refractivity (Wildman–Crippen MR) is 77.3 cm³/mol. The van der Waals surface area contributed by atoms with Crippen molar-refractivity contribution in [1.29, 1.82) is 0 Å². The summed E-state index contributed by atoms with van der Waals surface area (Å²) in [7, 11) is 0. The zero-order chi connectivity index (χ0) is 15.6. The molecule has 0 aliphatic carbocycles. The summed E-state index contributed by atoms with van der Waals surface area (Å²) in [6.07, 6.45) is 0. The summed E-state index contributed by atoms with van der Waals surface area (Å²) >= 11 is 4.65. The maximum atomic E-state index is 13.8. The summed E-state index contributed by atoms with van der Waals surface area (Å²) in [5.41, 5.74) is 10.7. The van der Waals surface area contributed by atoms with Gasteiger partial charge in [0.1, 0.15) is 10.7 Å². The van der Waals surface area contributed by atoms with Gasteiger partial charge in [0.2, 0.25) is 5.91 Å². The molecule has 108 valence electrons. The molecule has 0 fully saturated rings. The van der Waals surface area contributed by atoms with Crippen LogP contribution in [0.2, 0.25) is 0 Å². The van der Waals surface area contributed by atoms with Crippen LogP contribution in [0.15, 0.2) is 36.4 Å². The molecule has 0 aliphatic rings. The number of hydrogen-bond donors (Lipinski definition) is 2. The van der Waals surface area contributed by atoms with E-state index < -0.39 is 23.3 Å². The lowest BCUT2D eigenvalue weighted by molar-refractivity contribution is 0.100. The Bertz CT molecular complexity index is 694. The average molecular weight is 308 g/mol. The second-order valence-electron chi connectivity index (χ2n) is 4.12. The number of hydrogen-bond acceptors (Lipinski definition) is 3. The van der Waals surface area contributed by atoms with E-state index in [0.29, 0.717) is 0 Å². The first-order chi connectivity index (χ1) is 9.88. The van der Waals surface area contributed by atoms with E-state index >= 15 is 0 Å². The summed E-state index contributed by atoms with van der Waals surface area (Å²) in [6.45, 7) is 0. The van der Waals surface area contributed by atoms with E-state index in [-0.39, 0.29) is 21.9 Å². The van der Waals surface area contributed by atoms with Gasteiger partial charge in [-0.3, -0.25) is 4.79 Å². The van der Waals surface area contributed by atoms with Gasteiger partial charge in [0.05, 0.1) is 0 Å². The molecule has 0 aliphatic heterocycles. The second-order valence-corrected chi connectivity index (χ2v) is 4.56. The van der Waals surface area contributed by atoms with E-state index in [4.69, 9.17) is 16.2 Å². The smallest absolute Gasteiger partial charge is 0.248 e. The molecule has 0 heterocycles. The Kier molecular flexibility index (Phi) is 4.13. The normalized spacial score (nSPS) is 10.2. The number of primary amides is 1. The van der Waals surface area contributed by atoms with Crippen molar-refractivity contribution in [3.8, 4) is 11.5 Å². The highest BCUT2D eigenvalue weighted by Gasteiger charge is 2.15. The minimum atomic E-state index is -0.934. The molecule has 7 heteroatoms. The van der Waals surface area contributed by atoms with Gasteiger partial charge in [-0.1, -0.05) is 12.2 Å². The molecule has 0 unspecified atom stereocenters. The van der Waals surface area contributed by atoms with E-state index in [2.05, 4.69) is 12.2 Å². The van der Waals surface area contributed by atoms with Crippen molar-refractivity contribution in [3.05, 3.63) is 59.2 Å². The van der Waals surface area contributed by atoms with Crippen molar-refractivity contribution in [3.63, 3.8) is 0 Å². The Hall–Kier alpha value is -2.54. The molecule has 0 atom stereocenters. The van der Waals surface area contributed by atoms with Crippen LogP contribution in [-0.4, -0.2) is 10.9 Å². The highest BCUT2D eigenvalue weighted by Crippen LogP contribution is 2.28. The number of rotatable bonds is 4. The summed E-state index contributed by atoms with van der Waals surface area (Å²) < 4.78 is 32.7. The van der Waals surface area contributed by atoms with Gasteiger partial charge >= 0.3 is 0 Å². The number of nitrogens with two attached hydrogens (primary N) is 2. The highest BCUT2D eigenvalue weighted by molar-refractivity contribution is 7.80. The maximum Gasteiger partial charge on any atom is 0.248 e. The average Bonchev–Trinajstić information content (AvgIpc) is 2.43. The fraction of sp³-hybridized carbons (Fsp3) is 0. The van der Waals surface area contributed by atoms with Crippen LogP contribution in [0.25, 0.3) is 0 Å². The van der Waals surface area contributed by atoms with Crippen LogP contribution in [0.1, 0.15) is 15.9 Å². The topological polar surface area (TPSA) is 78.3 Å². The van der Waals surface area contributed by atoms with Crippen molar-refractivity contribution >= 4 is 23.1 Å². The Morgan fingerprint density at radius 3 is 1.95 bits per heavy atom. The van der Waals surface area contributed by atoms with Crippen LogP contribution in [0.5, 0.6) is 11.5 Å². The van der Waals surface area contributed by atoms with Gasteiger partial charge in [0, 0.05) is 11.1 Å². The van der Waals surface area contributed by atoms with E-state index in [1.165, 1.54) is 24.3 Å². The van der Waals surface area contributed by atoms with Gasteiger partial charge in [-0.15, -0.1) is 0 Å². The van der Waals surface area contributed by atoms with Gasteiger partial charge < -0.3 is 16.2 Å². The Balaban J connectivity index is 2.31. The molecule has 4 nitrogen and oxygen atoms in total. The first-order valence-electron chi connectivity index (χ1n) is 5.75. The van der Waals surface area contributed by atoms with Gasteiger partial charge in [0.15, 0.2) is 17.4 Å². The Morgan fingerprint density at radius 1 is 1.00 bits per heavy atom. The third-order valence-corrected chi connectivity index (χ3v) is 2.88. The Labute approximate surface area is 124 Å². The number of carbonyl (C=O) groups excluding carboxylic acids is 1. The maximum absolute atomic E-state index is 13.8. The quantitative estimate of drug-likeness (QED) is 0.851. The molecule has 0 saturated carbocycles. The molecule has 0 bridgehead atoms. The standard InChI is InChI=1S/C14H10F2N2O2S/c15-10-5-8(14(18)21)6-11(16)12(10)20-9-3-1-7(2-4-9)13(17)19/h1-6H,(H2,17,19)(H2,18,21). The number of carbonyl (C=O) groups is 1. The molecular weight excluding hydrogens is 298 g/mol. The second kappa shape index (κ2) is 5.84. The lowest BCUT2D eigenvalue weighted by Crippen LogP contribution is -2.11. The van der Waals surface area contributed by atoms with Crippen molar-refractivity contribution < 1.29 is 18.3 Å². The third kappa shape index (κ3) is 3.32. The van der Waals surface area contributed by atoms with Crippen LogP contribution in [-0.2, 0) is 0 Å². The number of halogens is 2.